The average Bonchev–Trinajstić information content (AvgIpc) is 2.12. The molecule has 1 aromatic rings. The van der Waals surface area contributed by atoms with Crippen molar-refractivity contribution in [3.05, 3.63) is 28.0 Å². The molecule has 0 saturated carbocycles. The van der Waals surface area contributed by atoms with Crippen molar-refractivity contribution < 1.29 is 9.13 Å². The van der Waals surface area contributed by atoms with Crippen molar-refractivity contribution in [1.82, 2.24) is 0 Å². The number of halogens is 2. The largest absolute Gasteiger partial charge is 0.493 e. The molecule has 0 aliphatic heterocycles. The van der Waals surface area contributed by atoms with Crippen molar-refractivity contribution in [2.24, 2.45) is 10.9 Å². The van der Waals surface area contributed by atoms with Crippen LogP contribution in [0.15, 0.2) is 21.7 Å². The second kappa shape index (κ2) is 4.23. The van der Waals surface area contributed by atoms with E-state index in [0.29, 0.717) is 10.0 Å². The Bertz CT molecular complexity index is 341. The number of hydrogen-bond acceptors (Lipinski definition) is 3. The third-order valence-corrected chi connectivity index (χ3v) is 2.11. The molecule has 0 saturated heterocycles. The summed E-state index contributed by atoms with van der Waals surface area (Å²) in [5, 5.41) is 3.30. The minimum atomic E-state index is -0.458. The first-order valence-corrected chi connectivity index (χ1v) is 4.25. The van der Waals surface area contributed by atoms with E-state index in [0.717, 1.165) is 0 Å². The van der Waals surface area contributed by atoms with E-state index < -0.39 is 5.82 Å². The fourth-order valence-electron chi connectivity index (χ4n) is 0.936. The smallest absolute Gasteiger partial charge is 0.179 e. The third kappa shape index (κ3) is 1.98. The van der Waals surface area contributed by atoms with E-state index in [9.17, 15) is 4.39 Å². The van der Waals surface area contributed by atoms with E-state index in [4.69, 9.17) is 10.6 Å². The highest BCUT2D eigenvalue weighted by Gasteiger charge is 2.10. The van der Waals surface area contributed by atoms with Crippen molar-refractivity contribution in [1.29, 1.82) is 0 Å². The number of nitrogens with two attached hydrogens (primary N) is 1. The van der Waals surface area contributed by atoms with Gasteiger partial charge in [-0.1, -0.05) is 0 Å². The maximum absolute atomic E-state index is 13.3. The first-order valence-electron chi connectivity index (χ1n) is 3.46. The molecule has 0 radical (unpaired) electrons. The zero-order valence-electron chi connectivity index (χ0n) is 6.92. The summed E-state index contributed by atoms with van der Waals surface area (Å²) < 4.78 is 18.5. The summed E-state index contributed by atoms with van der Waals surface area (Å²) in [6, 6.07) is 3.22. The highest BCUT2D eigenvalue weighted by molar-refractivity contribution is 9.10. The lowest BCUT2D eigenvalue weighted by molar-refractivity contribution is 0.384. The second-order valence-electron chi connectivity index (χ2n) is 2.26. The molecular weight excluding hydrogens is 239 g/mol. The molecular formula is C8H8BrFN2O. The Balaban J connectivity index is 3.29. The molecule has 0 aliphatic carbocycles. The molecule has 2 N–H and O–H groups in total. The van der Waals surface area contributed by atoms with Crippen LogP contribution in [-0.4, -0.2) is 13.3 Å². The Morgan fingerprint density at radius 1 is 1.62 bits per heavy atom. The quantitative estimate of drug-likeness (QED) is 0.492. The number of methoxy groups -OCH3 is 1. The average molecular weight is 247 g/mol. The topological polar surface area (TPSA) is 47.6 Å². The van der Waals surface area contributed by atoms with Gasteiger partial charge in [0, 0.05) is 5.56 Å². The van der Waals surface area contributed by atoms with Crippen molar-refractivity contribution in [3.63, 3.8) is 0 Å². The Labute approximate surface area is 83.5 Å². The molecule has 0 spiro atoms. The number of hydrogen-bond donors (Lipinski definition) is 1. The Hall–Kier alpha value is -1.10. The summed E-state index contributed by atoms with van der Waals surface area (Å²) in [4.78, 5) is 0. The van der Waals surface area contributed by atoms with E-state index in [2.05, 4.69) is 21.0 Å². The molecule has 3 nitrogen and oxygen atoms in total. The van der Waals surface area contributed by atoms with Crippen LogP contribution in [0.2, 0.25) is 0 Å². The highest BCUT2D eigenvalue weighted by Crippen LogP contribution is 2.27. The summed E-state index contributed by atoms with van der Waals surface area (Å²) in [5.74, 6) is 4.62. The van der Waals surface area contributed by atoms with Gasteiger partial charge in [0.05, 0.1) is 17.8 Å². The SMILES string of the molecule is COc1c(C=NN)ccc(Br)c1F. The first-order chi connectivity index (χ1) is 6.20. The van der Waals surface area contributed by atoms with E-state index >= 15 is 0 Å². The molecule has 70 valence electrons. The minimum Gasteiger partial charge on any atom is -0.493 e. The van der Waals surface area contributed by atoms with E-state index in [1.54, 1.807) is 12.1 Å². The molecule has 0 aromatic heterocycles. The number of nitrogens with zero attached hydrogens (tertiary/aromatic N) is 1. The summed E-state index contributed by atoms with van der Waals surface area (Å²) in [6.07, 6.45) is 1.33. The lowest BCUT2D eigenvalue weighted by atomic mass is 10.2. The van der Waals surface area contributed by atoms with E-state index in [-0.39, 0.29) is 5.75 Å². The highest BCUT2D eigenvalue weighted by atomic mass is 79.9. The summed E-state index contributed by atoms with van der Waals surface area (Å²) in [5.41, 5.74) is 0.505. The number of rotatable bonds is 2. The maximum Gasteiger partial charge on any atom is 0.179 e. The maximum atomic E-state index is 13.3. The van der Waals surface area contributed by atoms with Gasteiger partial charge in [0.15, 0.2) is 11.6 Å². The molecule has 0 heterocycles. The van der Waals surface area contributed by atoms with Crippen molar-refractivity contribution in [2.45, 2.75) is 0 Å². The van der Waals surface area contributed by atoms with Crippen LogP contribution >= 0.6 is 15.9 Å². The van der Waals surface area contributed by atoms with Crippen LogP contribution in [0.25, 0.3) is 0 Å². The van der Waals surface area contributed by atoms with Crippen LogP contribution in [0, 0.1) is 5.82 Å². The van der Waals surface area contributed by atoms with Crippen molar-refractivity contribution in [3.8, 4) is 5.75 Å². The fourth-order valence-corrected chi connectivity index (χ4v) is 1.25. The third-order valence-electron chi connectivity index (χ3n) is 1.50. The molecule has 0 amide bonds. The first kappa shape index (κ1) is 9.98. The fraction of sp³-hybridized carbons (Fsp3) is 0.125. The van der Waals surface area contributed by atoms with Gasteiger partial charge in [-0.05, 0) is 28.1 Å². The van der Waals surface area contributed by atoms with Crippen LogP contribution in [0.1, 0.15) is 5.56 Å². The summed E-state index contributed by atoms with van der Waals surface area (Å²) >= 11 is 3.04. The van der Waals surface area contributed by atoms with Gasteiger partial charge in [-0.2, -0.15) is 5.10 Å². The van der Waals surface area contributed by atoms with Crippen molar-refractivity contribution in [2.75, 3.05) is 7.11 Å². The van der Waals surface area contributed by atoms with Gasteiger partial charge in [0.25, 0.3) is 0 Å². The van der Waals surface area contributed by atoms with E-state index in [1.807, 2.05) is 0 Å². The molecule has 1 aromatic carbocycles. The van der Waals surface area contributed by atoms with Crippen LogP contribution in [0.3, 0.4) is 0 Å². The second-order valence-corrected chi connectivity index (χ2v) is 3.12. The number of hydrazone groups is 1. The molecule has 0 bridgehead atoms. The monoisotopic (exact) mass is 246 g/mol. The molecule has 1 rings (SSSR count). The van der Waals surface area contributed by atoms with Crippen molar-refractivity contribution >= 4 is 22.1 Å². The molecule has 0 aliphatic rings. The Morgan fingerprint density at radius 2 is 2.31 bits per heavy atom. The van der Waals surface area contributed by atoms with Crippen LogP contribution in [-0.2, 0) is 0 Å². The number of benzene rings is 1. The predicted octanol–water partition coefficient (Wildman–Crippen LogP) is 1.89. The molecule has 0 atom stereocenters. The zero-order chi connectivity index (χ0) is 9.84. The van der Waals surface area contributed by atoms with Crippen LogP contribution < -0.4 is 10.6 Å². The molecule has 0 fully saturated rings. The lowest BCUT2D eigenvalue weighted by Gasteiger charge is -2.06. The Kier molecular flexibility index (Phi) is 3.25. The van der Waals surface area contributed by atoms with E-state index in [1.165, 1.54) is 13.3 Å². The molecule has 13 heavy (non-hydrogen) atoms. The van der Waals surface area contributed by atoms with Gasteiger partial charge in [0.2, 0.25) is 0 Å². The van der Waals surface area contributed by atoms with Gasteiger partial charge < -0.3 is 10.6 Å². The normalized spacial score (nSPS) is 10.7. The zero-order valence-corrected chi connectivity index (χ0v) is 8.51. The lowest BCUT2D eigenvalue weighted by Crippen LogP contribution is -1.96. The van der Waals surface area contributed by atoms with Crippen LogP contribution in [0.4, 0.5) is 4.39 Å². The van der Waals surface area contributed by atoms with Gasteiger partial charge in [-0.3, -0.25) is 0 Å². The van der Waals surface area contributed by atoms with Gasteiger partial charge in [0.1, 0.15) is 0 Å². The summed E-state index contributed by atoms with van der Waals surface area (Å²) in [6.45, 7) is 0. The number of ether oxygens (including phenoxy) is 1. The molecule has 5 heteroatoms. The minimum absolute atomic E-state index is 0.128. The standard InChI is InChI=1S/C8H8BrFN2O/c1-13-8-5(4-12-11)2-3-6(9)7(8)10/h2-4H,11H2,1H3. The predicted molar refractivity (Wildman–Crippen MR) is 52.4 cm³/mol. The van der Waals surface area contributed by atoms with Gasteiger partial charge >= 0.3 is 0 Å². The van der Waals surface area contributed by atoms with Crippen LogP contribution in [0.5, 0.6) is 5.75 Å². The summed E-state index contributed by atoms with van der Waals surface area (Å²) in [7, 11) is 1.39. The van der Waals surface area contributed by atoms with Gasteiger partial charge in [-0.15, -0.1) is 0 Å². The molecule has 0 unspecified atom stereocenters. The Morgan fingerprint density at radius 3 is 2.85 bits per heavy atom. The van der Waals surface area contributed by atoms with Gasteiger partial charge in [-0.25, -0.2) is 4.39 Å².